The van der Waals surface area contributed by atoms with Crippen LogP contribution in [0.25, 0.3) is 0 Å². The molecule has 0 aromatic carbocycles. The first kappa shape index (κ1) is 11.4. The van der Waals surface area contributed by atoms with E-state index >= 15 is 0 Å². The monoisotopic (exact) mass is 213 g/mol. The molecule has 2 rings (SSSR count). The van der Waals surface area contributed by atoms with Gasteiger partial charge in [0.15, 0.2) is 0 Å². The lowest BCUT2D eigenvalue weighted by atomic mass is 9.94. The molecule has 1 saturated heterocycles. The van der Waals surface area contributed by atoms with Gasteiger partial charge in [-0.1, -0.05) is 0 Å². The van der Waals surface area contributed by atoms with Gasteiger partial charge in [-0.25, -0.2) is 0 Å². The fourth-order valence-electron chi connectivity index (χ4n) is 2.57. The van der Waals surface area contributed by atoms with E-state index in [4.69, 9.17) is 4.74 Å². The maximum absolute atomic E-state index is 9.41. The van der Waals surface area contributed by atoms with Crippen molar-refractivity contribution in [2.24, 2.45) is 0 Å². The van der Waals surface area contributed by atoms with Gasteiger partial charge in [0.25, 0.3) is 0 Å². The van der Waals surface area contributed by atoms with E-state index < -0.39 is 0 Å². The van der Waals surface area contributed by atoms with Gasteiger partial charge in [-0.05, 0) is 45.6 Å². The molecule has 0 bridgehead atoms. The zero-order chi connectivity index (χ0) is 10.7. The van der Waals surface area contributed by atoms with Gasteiger partial charge in [-0.3, -0.25) is 0 Å². The molecule has 2 fully saturated rings. The molecule has 3 heteroatoms. The molecule has 88 valence electrons. The molecule has 2 aliphatic rings. The predicted octanol–water partition coefficient (Wildman–Crippen LogP) is 1.40. The first-order valence-corrected chi connectivity index (χ1v) is 6.26. The third kappa shape index (κ3) is 3.44. The number of aliphatic hydroxyl groups is 1. The first-order chi connectivity index (χ1) is 7.24. The molecule has 1 saturated carbocycles. The van der Waals surface area contributed by atoms with E-state index in [0.29, 0.717) is 12.2 Å². The van der Waals surface area contributed by atoms with Crippen molar-refractivity contribution in [1.82, 2.24) is 4.90 Å². The molecule has 0 unspecified atom stereocenters. The number of piperidine rings is 1. The van der Waals surface area contributed by atoms with Crippen LogP contribution in [0.2, 0.25) is 0 Å². The van der Waals surface area contributed by atoms with Crippen molar-refractivity contribution in [3.63, 3.8) is 0 Å². The van der Waals surface area contributed by atoms with Gasteiger partial charge in [-0.15, -0.1) is 0 Å². The summed E-state index contributed by atoms with van der Waals surface area (Å²) in [6.45, 7) is 2.33. The van der Waals surface area contributed by atoms with Crippen LogP contribution >= 0.6 is 0 Å². The highest BCUT2D eigenvalue weighted by Gasteiger charge is 2.24. The second kappa shape index (κ2) is 5.28. The molecule has 0 radical (unpaired) electrons. The van der Waals surface area contributed by atoms with Crippen LogP contribution in [0.15, 0.2) is 0 Å². The van der Waals surface area contributed by atoms with Crippen molar-refractivity contribution < 1.29 is 9.84 Å². The summed E-state index contributed by atoms with van der Waals surface area (Å²) in [6, 6.07) is 0. The number of nitrogens with zero attached hydrogens (tertiary/aromatic N) is 1. The summed E-state index contributed by atoms with van der Waals surface area (Å²) >= 11 is 0. The Bertz CT molecular complexity index is 162. The highest BCUT2D eigenvalue weighted by molar-refractivity contribution is 4.76. The Morgan fingerprint density at radius 3 is 2.07 bits per heavy atom. The van der Waals surface area contributed by atoms with Crippen molar-refractivity contribution in [1.29, 1.82) is 0 Å². The number of ether oxygens (including phenoxy) is 1. The number of aliphatic hydroxyl groups excluding tert-OH is 1. The van der Waals surface area contributed by atoms with Crippen molar-refractivity contribution in [2.45, 2.75) is 56.8 Å². The van der Waals surface area contributed by atoms with Crippen molar-refractivity contribution in [2.75, 3.05) is 20.1 Å². The molecule has 15 heavy (non-hydrogen) atoms. The standard InChI is InChI=1S/C12H23NO2/c1-13-8-6-12(7-9-13)15-11-4-2-10(14)3-5-11/h10-12,14H,2-9H2,1H3/t10-,11-. The number of rotatable bonds is 2. The van der Waals surface area contributed by atoms with E-state index in [9.17, 15) is 5.11 Å². The lowest BCUT2D eigenvalue weighted by molar-refractivity contribution is -0.0666. The summed E-state index contributed by atoms with van der Waals surface area (Å²) in [5, 5.41) is 9.41. The maximum Gasteiger partial charge on any atom is 0.0603 e. The summed E-state index contributed by atoms with van der Waals surface area (Å²) in [7, 11) is 2.17. The highest BCUT2D eigenvalue weighted by atomic mass is 16.5. The first-order valence-electron chi connectivity index (χ1n) is 6.26. The molecule has 0 aromatic heterocycles. The number of hydrogen-bond acceptors (Lipinski definition) is 3. The molecule has 3 nitrogen and oxygen atoms in total. The molecular formula is C12H23NO2. The summed E-state index contributed by atoms with van der Waals surface area (Å²) < 4.78 is 6.09. The summed E-state index contributed by atoms with van der Waals surface area (Å²) in [5.74, 6) is 0. The average molecular weight is 213 g/mol. The summed E-state index contributed by atoms with van der Waals surface area (Å²) in [5.41, 5.74) is 0. The Balaban J connectivity index is 1.68. The molecule has 0 spiro atoms. The smallest absolute Gasteiger partial charge is 0.0603 e. The quantitative estimate of drug-likeness (QED) is 0.752. The Kier molecular flexibility index (Phi) is 4.00. The predicted molar refractivity (Wildman–Crippen MR) is 59.9 cm³/mol. The van der Waals surface area contributed by atoms with Gasteiger partial charge in [0.1, 0.15) is 0 Å². The highest BCUT2D eigenvalue weighted by Crippen LogP contribution is 2.24. The third-order valence-corrected chi connectivity index (χ3v) is 3.69. The Hall–Kier alpha value is -0.120. The van der Waals surface area contributed by atoms with Crippen LogP contribution in [0.1, 0.15) is 38.5 Å². The van der Waals surface area contributed by atoms with Gasteiger partial charge < -0.3 is 14.7 Å². The molecule has 1 aliphatic heterocycles. The minimum atomic E-state index is -0.0673. The molecule has 1 heterocycles. The number of likely N-dealkylation sites (tertiary alicyclic amines) is 1. The van der Waals surface area contributed by atoms with E-state index in [2.05, 4.69) is 11.9 Å². The fraction of sp³-hybridized carbons (Fsp3) is 1.00. The maximum atomic E-state index is 9.41. The second-order valence-corrected chi connectivity index (χ2v) is 5.07. The Morgan fingerprint density at radius 2 is 1.47 bits per heavy atom. The van der Waals surface area contributed by atoms with Crippen LogP contribution in [-0.4, -0.2) is 48.5 Å². The summed E-state index contributed by atoms with van der Waals surface area (Å²) in [4.78, 5) is 2.37. The van der Waals surface area contributed by atoms with E-state index in [1.165, 1.54) is 25.9 Å². The van der Waals surface area contributed by atoms with Crippen LogP contribution in [-0.2, 0) is 4.74 Å². The SMILES string of the molecule is CN1CCC(O[C@H]2CC[C@H](O)CC2)CC1. The van der Waals surface area contributed by atoms with Gasteiger partial charge in [0.2, 0.25) is 0 Å². The van der Waals surface area contributed by atoms with E-state index in [0.717, 1.165) is 25.7 Å². The lowest BCUT2D eigenvalue weighted by Gasteiger charge is -2.34. The van der Waals surface area contributed by atoms with E-state index in [-0.39, 0.29) is 6.10 Å². The summed E-state index contributed by atoms with van der Waals surface area (Å²) in [6.07, 6.45) is 7.13. The van der Waals surface area contributed by atoms with Gasteiger partial charge >= 0.3 is 0 Å². The normalized spacial score (nSPS) is 35.6. The Morgan fingerprint density at radius 1 is 0.933 bits per heavy atom. The average Bonchev–Trinajstić information content (AvgIpc) is 2.25. The van der Waals surface area contributed by atoms with E-state index in [1.54, 1.807) is 0 Å². The molecule has 0 atom stereocenters. The lowest BCUT2D eigenvalue weighted by Crippen LogP contribution is -2.37. The van der Waals surface area contributed by atoms with Crippen LogP contribution in [0.4, 0.5) is 0 Å². The second-order valence-electron chi connectivity index (χ2n) is 5.07. The molecule has 0 aromatic rings. The van der Waals surface area contributed by atoms with Crippen molar-refractivity contribution >= 4 is 0 Å². The van der Waals surface area contributed by atoms with Crippen LogP contribution < -0.4 is 0 Å². The van der Waals surface area contributed by atoms with E-state index in [1.807, 2.05) is 0 Å². The van der Waals surface area contributed by atoms with Crippen LogP contribution in [0.3, 0.4) is 0 Å². The Labute approximate surface area is 92.4 Å². The molecule has 0 amide bonds. The number of hydrogen-bond donors (Lipinski definition) is 1. The molecular weight excluding hydrogens is 190 g/mol. The zero-order valence-corrected chi connectivity index (χ0v) is 9.69. The van der Waals surface area contributed by atoms with Crippen molar-refractivity contribution in [3.8, 4) is 0 Å². The molecule has 1 aliphatic carbocycles. The zero-order valence-electron chi connectivity index (χ0n) is 9.69. The van der Waals surface area contributed by atoms with Gasteiger partial charge in [0.05, 0.1) is 18.3 Å². The minimum Gasteiger partial charge on any atom is -0.393 e. The fourth-order valence-corrected chi connectivity index (χ4v) is 2.57. The van der Waals surface area contributed by atoms with Gasteiger partial charge in [0, 0.05) is 13.1 Å². The van der Waals surface area contributed by atoms with Gasteiger partial charge in [-0.2, -0.15) is 0 Å². The largest absolute Gasteiger partial charge is 0.393 e. The molecule has 1 N–H and O–H groups in total. The third-order valence-electron chi connectivity index (χ3n) is 3.69. The topological polar surface area (TPSA) is 32.7 Å². The minimum absolute atomic E-state index is 0.0673. The van der Waals surface area contributed by atoms with Crippen molar-refractivity contribution in [3.05, 3.63) is 0 Å². The van der Waals surface area contributed by atoms with Crippen LogP contribution in [0.5, 0.6) is 0 Å². The van der Waals surface area contributed by atoms with Crippen LogP contribution in [0, 0.1) is 0 Å².